The zero-order valence-electron chi connectivity index (χ0n) is 13.8. The molecule has 0 radical (unpaired) electrons. The van der Waals surface area contributed by atoms with Crippen LogP contribution in [0.4, 0.5) is 13.2 Å². The molecule has 10 heteroatoms. The third kappa shape index (κ3) is 6.15. The molecule has 2 aromatic rings. The van der Waals surface area contributed by atoms with Gasteiger partial charge in [0.2, 0.25) is 0 Å². The standard InChI is InChI=1S/C16H18ClF3N4OS/c1-2-21-15(22-7-12(25)10-3-5-11(17)6-4-10)23-8-14-24-13(9-26-14)16(18,19)20/h3-6,9,12,25H,2,7-8H2,1H3,(H2,21,22,23). The minimum Gasteiger partial charge on any atom is -0.387 e. The van der Waals surface area contributed by atoms with Crippen LogP contribution in [0, 0.1) is 0 Å². The number of halogens is 4. The van der Waals surface area contributed by atoms with E-state index in [2.05, 4.69) is 20.6 Å². The SMILES string of the molecule is CCNC(=NCc1nc(C(F)(F)F)cs1)NCC(O)c1ccc(Cl)cc1. The summed E-state index contributed by atoms with van der Waals surface area (Å²) in [5, 5.41) is 17.9. The second-order valence-corrected chi connectivity index (χ2v) is 6.65. The highest BCUT2D eigenvalue weighted by Gasteiger charge is 2.33. The van der Waals surface area contributed by atoms with Crippen LogP contribution in [0.1, 0.15) is 29.3 Å². The minimum absolute atomic E-state index is 0.00706. The lowest BCUT2D eigenvalue weighted by molar-refractivity contribution is -0.140. The first kappa shape index (κ1) is 20.5. The van der Waals surface area contributed by atoms with Crippen LogP contribution in [0.15, 0.2) is 34.6 Å². The Morgan fingerprint density at radius 3 is 2.58 bits per heavy atom. The normalized spacial score (nSPS) is 13.5. The molecule has 26 heavy (non-hydrogen) atoms. The highest BCUT2D eigenvalue weighted by molar-refractivity contribution is 7.09. The average molecular weight is 407 g/mol. The van der Waals surface area contributed by atoms with Crippen molar-refractivity contribution in [2.45, 2.75) is 25.7 Å². The fraction of sp³-hybridized carbons (Fsp3) is 0.375. The molecule has 1 aromatic carbocycles. The molecule has 1 unspecified atom stereocenters. The van der Waals surface area contributed by atoms with E-state index in [0.717, 1.165) is 16.7 Å². The molecule has 2 rings (SSSR count). The molecule has 0 saturated heterocycles. The molecule has 0 aliphatic carbocycles. The van der Waals surface area contributed by atoms with Crippen LogP contribution in [0.5, 0.6) is 0 Å². The third-order valence-corrected chi connectivity index (χ3v) is 4.36. The molecule has 3 N–H and O–H groups in total. The molecule has 0 aliphatic rings. The fourth-order valence-electron chi connectivity index (χ4n) is 2.00. The van der Waals surface area contributed by atoms with Crippen LogP contribution in [0.3, 0.4) is 0 Å². The lowest BCUT2D eigenvalue weighted by Crippen LogP contribution is -2.39. The summed E-state index contributed by atoms with van der Waals surface area (Å²) in [6, 6.07) is 6.79. The smallest absolute Gasteiger partial charge is 0.387 e. The third-order valence-electron chi connectivity index (χ3n) is 3.28. The molecule has 1 atom stereocenters. The first-order chi connectivity index (χ1) is 12.3. The van der Waals surface area contributed by atoms with Crippen molar-refractivity contribution in [2.75, 3.05) is 13.1 Å². The van der Waals surface area contributed by atoms with E-state index in [1.807, 2.05) is 6.92 Å². The number of nitrogens with zero attached hydrogens (tertiary/aromatic N) is 2. The molecule has 0 amide bonds. The highest BCUT2D eigenvalue weighted by atomic mass is 35.5. The predicted octanol–water partition coefficient (Wildman–Crippen LogP) is 3.60. The number of thiazole rings is 1. The molecule has 142 valence electrons. The van der Waals surface area contributed by atoms with Crippen LogP contribution in [0.2, 0.25) is 5.02 Å². The number of aliphatic imine (C=N–C) groups is 1. The van der Waals surface area contributed by atoms with E-state index >= 15 is 0 Å². The molecular formula is C16H18ClF3N4OS. The molecule has 1 heterocycles. The van der Waals surface area contributed by atoms with Crippen molar-refractivity contribution in [3.05, 3.63) is 50.9 Å². The lowest BCUT2D eigenvalue weighted by Gasteiger charge is -2.15. The number of rotatable bonds is 6. The second-order valence-electron chi connectivity index (χ2n) is 5.27. The summed E-state index contributed by atoms with van der Waals surface area (Å²) in [6.45, 7) is 2.61. The van der Waals surface area contributed by atoms with Crippen LogP contribution < -0.4 is 10.6 Å². The van der Waals surface area contributed by atoms with Crippen molar-refractivity contribution >= 4 is 28.9 Å². The van der Waals surface area contributed by atoms with Gasteiger partial charge in [-0.25, -0.2) is 9.98 Å². The zero-order valence-corrected chi connectivity index (χ0v) is 15.4. The Hall–Kier alpha value is -1.84. The monoisotopic (exact) mass is 406 g/mol. The van der Waals surface area contributed by atoms with E-state index in [1.54, 1.807) is 24.3 Å². The summed E-state index contributed by atoms with van der Waals surface area (Å²) in [6.07, 6.45) is -5.24. The van der Waals surface area contributed by atoms with Gasteiger partial charge in [0.1, 0.15) is 5.01 Å². The zero-order chi connectivity index (χ0) is 19.2. The first-order valence-corrected chi connectivity index (χ1v) is 9.02. The summed E-state index contributed by atoms with van der Waals surface area (Å²) < 4.78 is 37.7. The quantitative estimate of drug-likeness (QED) is 0.506. The second kappa shape index (κ2) is 9.20. The maximum absolute atomic E-state index is 12.6. The summed E-state index contributed by atoms with van der Waals surface area (Å²) >= 11 is 6.72. The summed E-state index contributed by atoms with van der Waals surface area (Å²) in [7, 11) is 0. The number of aliphatic hydroxyl groups is 1. The van der Waals surface area contributed by atoms with Crippen LogP contribution in [0.25, 0.3) is 0 Å². The van der Waals surface area contributed by atoms with E-state index in [-0.39, 0.29) is 18.1 Å². The van der Waals surface area contributed by atoms with Crippen LogP contribution in [-0.2, 0) is 12.7 Å². The van der Waals surface area contributed by atoms with Crippen molar-refractivity contribution < 1.29 is 18.3 Å². The van der Waals surface area contributed by atoms with Gasteiger partial charge in [-0.2, -0.15) is 13.2 Å². The Morgan fingerprint density at radius 1 is 1.31 bits per heavy atom. The van der Waals surface area contributed by atoms with E-state index in [1.165, 1.54) is 0 Å². The lowest BCUT2D eigenvalue weighted by atomic mass is 10.1. The Bertz CT molecular complexity index is 734. The molecule has 0 fully saturated rings. The van der Waals surface area contributed by atoms with Gasteiger partial charge in [-0.15, -0.1) is 11.3 Å². The Balaban J connectivity index is 1.95. The van der Waals surface area contributed by atoms with E-state index in [0.29, 0.717) is 23.1 Å². The van der Waals surface area contributed by atoms with Crippen molar-refractivity contribution in [2.24, 2.45) is 4.99 Å². The van der Waals surface area contributed by atoms with Gasteiger partial charge in [0.15, 0.2) is 11.7 Å². The number of guanidine groups is 1. The van der Waals surface area contributed by atoms with Crippen molar-refractivity contribution in [3.8, 4) is 0 Å². The van der Waals surface area contributed by atoms with E-state index in [9.17, 15) is 18.3 Å². The Labute approximate surface area is 157 Å². The molecule has 0 aliphatic heterocycles. The molecule has 0 saturated carbocycles. The first-order valence-electron chi connectivity index (χ1n) is 7.77. The maximum atomic E-state index is 12.6. The van der Waals surface area contributed by atoms with Gasteiger partial charge in [0.05, 0.1) is 12.6 Å². The molecule has 0 bridgehead atoms. The Kier molecular flexibility index (Phi) is 7.24. The number of nitrogens with one attached hydrogen (secondary N) is 2. The fourth-order valence-corrected chi connectivity index (χ4v) is 2.85. The maximum Gasteiger partial charge on any atom is 0.434 e. The molecule has 1 aromatic heterocycles. The number of alkyl halides is 3. The molecule has 0 spiro atoms. The number of hydrogen-bond acceptors (Lipinski definition) is 4. The molecular weight excluding hydrogens is 389 g/mol. The summed E-state index contributed by atoms with van der Waals surface area (Å²) in [5.74, 6) is 0.379. The van der Waals surface area contributed by atoms with Crippen molar-refractivity contribution in [3.63, 3.8) is 0 Å². The number of benzene rings is 1. The van der Waals surface area contributed by atoms with Crippen molar-refractivity contribution in [1.82, 2.24) is 15.6 Å². The van der Waals surface area contributed by atoms with Gasteiger partial charge in [-0.3, -0.25) is 0 Å². The topological polar surface area (TPSA) is 69.5 Å². The highest BCUT2D eigenvalue weighted by Crippen LogP contribution is 2.30. The van der Waals surface area contributed by atoms with Gasteiger partial charge >= 0.3 is 6.18 Å². The Morgan fingerprint density at radius 2 is 2.00 bits per heavy atom. The van der Waals surface area contributed by atoms with Gasteiger partial charge in [-0.1, -0.05) is 23.7 Å². The number of hydrogen-bond donors (Lipinski definition) is 3. The van der Waals surface area contributed by atoms with E-state index in [4.69, 9.17) is 11.6 Å². The summed E-state index contributed by atoms with van der Waals surface area (Å²) in [5.41, 5.74) is -0.226. The van der Waals surface area contributed by atoms with Gasteiger partial charge in [-0.05, 0) is 24.6 Å². The largest absolute Gasteiger partial charge is 0.434 e. The molecule has 5 nitrogen and oxygen atoms in total. The average Bonchev–Trinajstić information content (AvgIpc) is 3.07. The van der Waals surface area contributed by atoms with Gasteiger partial charge in [0, 0.05) is 23.5 Å². The van der Waals surface area contributed by atoms with Crippen LogP contribution >= 0.6 is 22.9 Å². The number of aromatic nitrogens is 1. The minimum atomic E-state index is -4.45. The number of aliphatic hydroxyl groups excluding tert-OH is 1. The van der Waals surface area contributed by atoms with Crippen LogP contribution in [-0.4, -0.2) is 29.1 Å². The summed E-state index contributed by atoms with van der Waals surface area (Å²) in [4.78, 5) is 7.74. The van der Waals surface area contributed by atoms with Gasteiger partial charge < -0.3 is 15.7 Å². The van der Waals surface area contributed by atoms with E-state index < -0.39 is 18.0 Å². The van der Waals surface area contributed by atoms with Crippen molar-refractivity contribution in [1.29, 1.82) is 0 Å². The van der Waals surface area contributed by atoms with Gasteiger partial charge in [0.25, 0.3) is 0 Å². The predicted molar refractivity (Wildman–Crippen MR) is 96.3 cm³/mol.